The van der Waals surface area contributed by atoms with Gasteiger partial charge in [-0.3, -0.25) is 9.69 Å². The van der Waals surface area contributed by atoms with Gasteiger partial charge < -0.3 is 14.4 Å². The first-order valence-electron chi connectivity index (χ1n) is 9.86. The van der Waals surface area contributed by atoms with Crippen LogP contribution in [0.15, 0.2) is 24.3 Å². The van der Waals surface area contributed by atoms with Crippen LogP contribution < -0.4 is 0 Å². The first-order chi connectivity index (χ1) is 12.6. The van der Waals surface area contributed by atoms with Gasteiger partial charge in [-0.25, -0.2) is 0 Å². The Morgan fingerprint density at radius 1 is 1.23 bits per heavy atom. The van der Waals surface area contributed by atoms with Crippen molar-refractivity contribution in [3.8, 4) is 0 Å². The molecule has 3 fully saturated rings. The van der Waals surface area contributed by atoms with Gasteiger partial charge >= 0.3 is 0 Å². The number of hydrogen-bond acceptors (Lipinski definition) is 4. The first kappa shape index (κ1) is 18.0. The van der Waals surface area contributed by atoms with Crippen LogP contribution in [0.4, 0.5) is 0 Å². The second-order valence-corrected chi connectivity index (χ2v) is 8.04. The van der Waals surface area contributed by atoms with Crippen LogP contribution in [-0.2, 0) is 20.8 Å². The SMILES string of the molecule is COC1C(=O)N(C2CCN(Cc3cccc(C)c3)CC2)C12CCOCC2. The van der Waals surface area contributed by atoms with E-state index in [-0.39, 0.29) is 17.6 Å². The molecule has 4 rings (SSSR count). The van der Waals surface area contributed by atoms with Crippen molar-refractivity contribution < 1.29 is 14.3 Å². The van der Waals surface area contributed by atoms with E-state index < -0.39 is 0 Å². The number of hydrogen-bond donors (Lipinski definition) is 0. The fourth-order valence-corrected chi connectivity index (χ4v) is 5.13. The van der Waals surface area contributed by atoms with Crippen molar-refractivity contribution >= 4 is 5.91 Å². The predicted molar refractivity (Wildman–Crippen MR) is 99.9 cm³/mol. The highest BCUT2D eigenvalue weighted by Crippen LogP contribution is 2.45. The molecule has 0 aliphatic carbocycles. The average molecular weight is 358 g/mol. The zero-order valence-corrected chi connectivity index (χ0v) is 15.9. The molecule has 0 bridgehead atoms. The second-order valence-electron chi connectivity index (χ2n) is 8.04. The second kappa shape index (κ2) is 7.29. The lowest BCUT2D eigenvalue weighted by molar-refractivity contribution is -0.214. The molecule has 3 saturated heterocycles. The number of nitrogens with zero attached hydrogens (tertiary/aromatic N) is 2. The van der Waals surface area contributed by atoms with Crippen LogP contribution in [-0.4, -0.2) is 66.8 Å². The Bertz CT molecular complexity index is 648. The van der Waals surface area contributed by atoms with E-state index in [2.05, 4.69) is 41.0 Å². The van der Waals surface area contributed by atoms with E-state index in [9.17, 15) is 4.79 Å². The lowest BCUT2D eigenvalue weighted by Crippen LogP contribution is -2.78. The lowest BCUT2D eigenvalue weighted by atomic mass is 9.72. The minimum atomic E-state index is -0.267. The summed E-state index contributed by atoms with van der Waals surface area (Å²) in [5, 5.41) is 0. The van der Waals surface area contributed by atoms with Crippen LogP contribution in [0.5, 0.6) is 0 Å². The Labute approximate surface area is 156 Å². The molecular formula is C21H30N2O3. The van der Waals surface area contributed by atoms with Crippen molar-refractivity contribution in [2.24, 2.45) is 0 Å². The zero-order chi connectivity index (χ0) is 18.1. The quantitative estimate of drug-likeness (QED) is 0.775. The van der Waals surface area contributed by atoms with Gasteiger partial charge in [0, 0.05) is 46.0 Å². The average Bonchev–Trinajstić information content (AvgIpc) is 2.65. The summed E-state index contributed by atoms with van der Waals surface area (Å²) >= 11 is 0. The van der Waals surface area contributed by atoms with Crippen LogP contribution in [0.25, 0.3) is 0 Å². The molecule has 3 heterocycles. The Hall–Kier alpha value is -1.43. The Kier molecular flexibility index (Phi) is 5.04. The monoisotopic (exact) mass is 358 g/mol. The van der Waals surface area contributed by atoms with Crippen molar-refractivity contribution in [1.82, 2.24) is 9.80 Å². The van der Waals surface area contributed by atoms with Gasteiger partial charge in [0.15, 0.2) is 6.10 Å². The smallest absolute Gasteiger partial charge is 0.254 e. The molecule has 1 amide bonds. The van der Waals surface area contributed by atoms with E-state index in [1.54, 1.807) is 7.11 Å². The third-order valence-electron chi connectivity index (χ3n) is 6.43. The third kappa shape index (κ3) is 3.06. The number of rotatable bonds is 4. The molecule has 142 valence electrons. The maximum Gasteiger partial charge on any atom is 0.254 e. The van der Waals surface area contributed by atoms with Crippen molar-refractivity contribution in [3.05, 3.63) is 35.4 Å². The van der Waals surface area contributed by atoms with Crippen LogP contribution in [0.1, 0.15) is 36.8 Å². The summed E-state index contributed by atoms with van der Waals surface area (Å²) in [6.45, 7) is 6.71. The number of benzene rings is 1. The Morgan fingerprint density at radius 3 is 2.62 bits per heavy atom. The van der Waals surface area contributed by atoms with E-state index in [0.717, 1.165) is 58.5 Å². The van der Waals surface area contributed by atoms with E-state index in [4.69, 9.17) is 9.47 Å². The lowest BCUT2D eigenvalue weighted by Gasteiger charge is -2.61. The van der Waals surface area contributed by atoms with E-state index >= 15 is 0 Å². The Balaban J connectivity index is 1.39. The van der Waals surface area contributed by atoms with E-state index in [1.165, 1.54) is 11.1 Å². The van der Waals surface area contributed by atoms with Gasteiger partial charge in [0.2, 0.25) is 0 Å². The first-order valence-corrected chi connectivity index (χ1v) is 9.86. The summed E-state index contributed by atoms with van der Waals surface area (Å²) in [6, 6.07) is 9.10. The normalized spacial score (nSPS) is 26.9. The highest BCUT2D eigenvalue weighted by molar-refractivity contribution is 5.90. The number of amides is 1. The number of piperidine rings is 1. The molecule has 0 saturated carbocycles. The molecule has 1 spiro atoms. The molecule has 3 aliphatic heterocycles. The maximum absolute atomic E-state index is 12.7. The van der Waals surface area contributed by atoms with Gasteiger partial charge in [-0.05, 0) is 38.2 Å². The summed E-state index contributed by atoms with van der Waals surface area (Å²) in [4.78, 5) is 17.4. The zero-order valence-electron chi connectivity index (χ0n) is 15.9. The fourth-order valence-electron chi connectivity index (χ4n) is 5.13. The molecule has 26 heavy (non-hydrogen) atoms. The summed E-state index contributed by atoms with van der Waals surface area (Å²) in [6.07, 6.45) is 3.64. The number of methoxy groups -OCH3 is 1. The van der Waals surface area contributed by atoms with E-state index in [0.29, 0.717) is 6.04 Å². The highest BCUT2D eigenvalue weighted by atomic mass is 16.5. The van der Waals surface area contributed by atoms with Crippen molar-refractivity contribution in [1.29, 1.82) is 0 Å². The van der Waals surface area contributed by atoms with Crippen molar-refractivity contribution in [2.45, 2.75) is 56.8 Å². The van der Waals surface area contributed by atoms with Crippen LogP contribution in [0.3, 0.4) is 0 Å². The molecule has 0 radical (unpaired) electrons. The molecule has 1 atom stereocenters. The van der Waals surface area contributed by atoms with Gasteiger partial charge in [0.05, 0.1) is 5.54 Å². The minimum Gasteiger partial charge on any atom is -0.381 e. The van der Waals surface area contributed by atoms with Crippen molar-refractivity contribution in [3.63, 3.8) is 0 Å². The highest BCUT2D eigenvalue weighted by Gasteiger charge is 2.62. The fraction of sp³-hybridized carbons (Fsp3) is 0.667. The van der Waals surface area contributed by atoms with Crippen LogP contribution >= 0.6 is 0 Å². The van der Waals surface area contributed by atoms with Gasteiger partial charge in [-0.15, -0.1) is 0 Å². The predicted octanol–water partition coefficient (Wildman–Crippen LogP) is 2.37. The maximum atomic E-state index is 12.7. The number of likely N-dealkylation sites (tertiary alicyclic amines) is 2. The third-order valence-corrected chi connectivity index (χ3v) is 6.43. The summed E-state index contributed by atoms with van der Waals surface area (Å²) < 4.78 is 11.1. The van der Waals surface area contributed by atoms with E-state index in [1.807, 2.05) is 0 Å². The molecule has 5 heteroatoms. The summed E-state index contributed by atoms with van der Waals surface area (Å²) in [5.74, 6) is 0.187. The number of ether oxygens (including phenoxy) is 2. The van der Waals surface area contributed by atoms with Gasteiger partial charge in [0.1, 0.15) is 0 Å². The largest absolute Gasteiger partial charge is 0.381 e. The molecule has 0 aromatic heterocycles. The molecule has 1 aromatic rings. The van der Waals surface area contributed by atoms with Gasteiger partial charge in [-0.1, -0.05) is 29.8 Å². The van der Waals surface area contributed by atoms with Crippen LogP contribution in [0.2, 0.25) is 0 Å². The van der Waals surface area contributed by atoms with Crippen molar-refractivity contribution in [2.75, 3.05) is 33.4 Å². The molecule has 1 unspecified atom stereocenters. The van der Waals surface area contributed by atoms with Gasteiger partial charge in [0.25, 0.3) is 5.91 Å². The van der Waals surface area contributed by atoms with Gasteiger partial charge in [-0.2, -0.15) is 0 Å². The minimum absolute atomic E-state index is 0.118. The topological polar surface area (TPSA) is 42.0 Å². The summed E-state index contributed by atoms with van der Waals surface area (Å²) in [7, 11) is 1.67. The summed E-state index contributed by atoms with van der Waals surface area (Å²) in [5.41, 5.74) is 2.58. The standard InChI is InChI=1S/C21H30N2O3/c1-16-4-3-5-17(14-16)15-22-10-6-18(7-11-22)23-20(24)19(25-2)21(23)8-12-26-13-9-21/h3-5,14,18-19H,6-13,15H2,1-2H3. The molecule has 0 N–H and O–H groups in total. The molecular weight excluding hydrogens is 328 g/mol. The number of aryl methyl sites for hydroxylation is 1. The number of β-lactam (4-membered cyclic amide) rings is 1. The number of carbonyl (C=O) groups is 1. The molecule has 3 aliphatic rings. The molecule has 1 aromatic carbocycles. The van der Waals surface area contributed by atoms with Crippen LogP contribution in [0, 0.1) is 6.92 Å². The Morgan fingerprint density at radius 2 is 1.96 bits per heavy atom. The molecule has 5 nitrogen and oxygen atoms in total. The number of carbonyl (C=O) groups excluding carboxylic acids is 1.